The van der Waals surface area contributed by atoms with Crippen LogP contribution in [-0.2, 0) is 15.2 Å². The Labute approximate surface area is 178 Å². The first kappa shape index (κ1) is 18.9. The van der Waals surface area contributed by atoms with Gasteiger partial charge in [0, 0.05) is 47.0 Å². The number of carbonyl (C=O) groups is 2. The third-order valence-corrected chi connectivity index (χ3v) is 6.66. The summed E-state index contributed by atoms with van der Waals surface area (Å²) in [6.45, 7) is 8.83. The highest BCUT2D eigenvalue weighted by molar-refractivity contribution is 9.10. The Morgan fingerprint density at radius 1 is 1.21 bits per heavy atom. The van der Waals surface area contributed by atoms with Gasteiger partial charge in [0.2, 0.25) is 5.91 Å². The van der Waals surface area contributed by atoms with Crippen LogP contribution < -0.4 is 5.43 Å². The van der Waals surface area contributed by atoms with E-state index in [0.29, 0.717) is 13.1 Å². The molecule has 0 bridgehead atoms. The second-order valence-electron chi connectivity index (χ2n) is 9.50. The zero-order valence-electron chi connectivity index (χ0n) is 17.0. The zero-order valence-corrected chi connectivity index (χ0v) is 18.6. The van der Waals surface area contributed by atoms with Gasteiger partial charge in [-0.15, -0.1) is 0 Å². The number of carbonyl (C=O) groups excluding carboxylic acids is 2. The molecule has 1 N–H and O–H groups in total. The van der Waals surface area contributed by atoms with Gasteiger partial charge in [0.05, 0.1) is 0 Å². The van der Waals surface area contributed by atoms with Crippen LogP contribution in [0.5, 0.6) is 0 Å². The molecule has 29 heavy (non-hydrogen) atoms. The molecule has 2 aromatic rings. The molecule has 0 aromatic carbocycles. The maximum absolute atomic E-state index is 13.1. The van der Waals surface area contributed by atoms with Crippen molar-refractivity contribution >= 4 is 33.4 Å². The minimum atomic E-state index is -0.499. The maximum Gasteiger partial charge on any atom is 0.410 e. The Bertz CT molecular complexity index is 1020. The number of nitrogens with one attached hydrogen (secondary N) is 1. The average Bonchev–Trinajstić information content (AvgIpc) is 3.34. The summed E-state index contributed by atoms with van der Waals surface area (Å²) in [5.41, 5.74) is 4.44. The van der Waals surface area contributed by atoms with Crippen LogP contribution in [0.3, 0.4) is 0 Å². The van der Waals surface area contributed by atoms with E-state index in [1.165, 1.54) is 0 Å². The van der Waals surface area contributed by atoms with E-state index >= 15 is 0 Å². The molecule has 3 atom stereocenters. The number of hydrazine groups is 1. The van der Waals surface area contributed by atoms with Gasteiger partial charge in [0.1, 0.15) is 11.3 Å². The normalized spacial score (nSPS) is 30.4. The Morgan fingerprint density at radius 2 is 1.90 bits per heavy atom. The average molecular weight is 461 g/mol. The van der Waals surface area contributed by atoms with Crippen LogP contribution in [0.15, 0.2) is 35.1 Å². The molecule has 2 amide bonds. The lowest BCUT2D eigenvalue weighted by Crippen LogP contribution is -2.38. The summed E-state index contributed by atoms with van der Waals surface area (Å²) in [4.78, 5) is 27.0. The lowest BCUT2D eigenvalue weighted by molar-refractivity contribution is -0.129. The number of ether oxygens (including phenoxy) is 1. The van der Waals surface area contributed by atoms with Gasteiger partial charge in [-0.1, -0.05) is 0 Å². The van der Waals surface area contributed by atoms with Gasteiger partial charge in [-0.3, -0.25) is 4.79 Å². The van der Waals surface area contributed by atoms with Crippen molar-refractivity contribution in [2.75, 3.05) is 13.1 Å². The number of piperidine rings is 1. The summed E-state index contributed by atoms with van der Waals surface area (Å²) >= 11 is 3.49. The summed E-state index contributed by atoms with van der Waals surface area (Å²) in [6.07, 6.45) is 3.78. The standard InChI is InChI=1S/C21H25BrN4O3/c1-20(2,3)29-19(28)25-10-15-16(11-25)17(15)18(27)26-21(4,23-26)12-7-14-6-5-13(22)9-24(14)8-12/h5-9,15-17,23H,10-11H2,1-4H3. The highest BCUT2D eigenvalue weighted by Crippen LogP contribution is 2.54. The largest absolute Gasteiger partial charge is 0.444 e. The van der Waals surface area contributed by atoms with Gasteiger partial charge in [0.25, 0.3) is 0 Å². The molecule has 1 saturated carbocycles. The number of hydrogen-bond donors (Lipinski definition) is 1. The van der Waals surface area contributed by atoms with Crippen molar-refractivity contribution in [2.24, 2.45) is 17.8 Å². The highest BCUT2D eigenvalue weighted by Gasteiger charge is 2.66. The van der Waals surface area contributed by atoms with Crippen LogP contribution in [0.1, 0.15) is 33.3 Å². The fourth-order valence-corrected chi connectivity index (χ4v) is 4.88. The third-order valence-electron chi connectivity index (χ3n) is 6.20. The Kier molecular flexibility index (Phi) is 3.91. The summed E-state index contributed by atoms with van der Waals surface area (Å²) < 4.78 is 8.51. The minimum Gasteiger partial charge on any atom is -0.444 e. The molecule has 154 valence electrons. The molecule has 3 unspecified atom stereocenters. The first-order chi connectivity index (χ1) is 13.6. The molecule has 2 aliphatic heterocycles. The second kappa shape index (κ2) is 5.98. The third kappa shape index (κ3) is 3.13. The number of halogens is 1. The van der Waals surface area contributed by atoms with Crippen molar-refractivity contribution in [3.63, 3.8) is 0 Å². The molecule has 3 fully saturated rings. The second-order valence-corrected chi connectivity index (χ2v) is 10.4. The predicted octanol–water partition coefficient (Wildman–Crippen LogP) is 3.33. The van der Waals surface area contributed by atoms with Gasteiger partial charge in [-0.25, -0.2) is 9.80 Å². The van der Waals surface area contributed by atoms with Crippen molar-refractivity contribution in [3.05, 3.63) is 40.6 Å². The van der Waals surface area contributed by atoms with Crippen LogP contribution in [0.2, 0.25) is 0 Å². The van der Waals surface area contributed by atoms with Crippen molar-refractivity contribution in [1.82, 2.24) is 19.7 Å². The number of rotatable bonds is 2. The van der Waals surface area contributed by atoms with E-state index in [4.69, 9.17) is 4.74 Å². The predicted molar refractivity (Wildman–Crippen MR) is 111 cm³/mol. The Balaban J connectivity index is 1.23. The van der Waals surface area contributed by atoms with E-state index in [-0.39, 0.29) is 29.8 Å². The van der Waals surface area contributed by atoms with E-state index < -0.39 is 11.3 Å². The minimum absolute atomic E-state index is 0.00538. The molecule has 5 rings (SSSR count). The number of hydrogen-bond acceptors (Lipinski definition) is 4. The number of likely N-dealkylation sites (tertiary alicyclic amines) is 1. The van der Waals surface area contributed by atoms with Crippen LogP contribution in [0, 0.1) is 17.8 Å². The lowest BCUT2D eigenvalue weighted by Gasteiger charge is -2.25. The summed E-state index contributed by atoms with van der Waals surface area (Å²) in [5.74, 6) is 0.605. The van der Waals surface area contributed by atoms with E-state index in [1.54, 1.807) is 9.91 Å². The van der Waals surface area contributed by atoms with Crippen LogP contribution in [0.4, 0.5) is 4.79 Å². The zero-order chi connectivity index (χ0) is 20.7. The first-order valence-corrected chi connectivity index (χ1v) is 10.7. The monoisotopic (exact) mass is 460 g/mol. The van der Waals surface area contributed by atoms with E-state index in [1.807, 2.05) is 46.0 Å². The number of pyridine rings is 1. The van der Waals surface area contributed by atoms with Gasteiger partial charge >= 0.3 is 6.09 Å². The van der Waals surface area contributed by atoms with Crippen LogP contribution in [-0.4, -0.2) is 45.0 Å². The fraction of sp³-hybridized carbons (Fsp3) is 0.524. The van der Waals surface area contributed by atoms with E-state index in [0.717, 1.165) is 15.6 Å². The first-order valence-electron chi connectivity index (χ1n) is 9.94. The molecule has 2 aromatic heterocycles. The summed E-state index contributed by atoms with van der Waals surface area (Å²) in [6, 6.07) is 6.15. The molecule has 4 heterocycles. The number of nitrogens with zero attached hydrogens (tertiary/aromatic N) is 3. The Hall–Kier alpha value is -2.06. The molecule has 3 aliphatic rings. The maximum atomic E-state index is 13.1. The quantitative estimate of drug-likeness (QED) is 0.697. The Morgan fingerprint density at radius 3 is 2.55 bits per heavy atom. The summed E-state index contributed by atoms with van der Waals surface area (Å²) in [7, 11) is 0. The van der Waals surface area contributed by atoms with Crippen molar-refractivity contribution < 1.29 is 14.3 Å². The van der Waals surface area contributed by atoms with Crippen LogP contribution >= 0.6 is 15.9 Å². The smallest absolute Gasteiger partial charge is 0.410 e. The number of fused-ring (bicyclic) bond motifs is 2. The van der Waals surface area contributed by atoms with Gasteiger partial charge < -0.3 is 14.0 Å². The van der Waals surface area contributed by atoms with Gasteiger partial charge in [-0.05, 0) is 73.7 Å². The highest BCUT2D eigenvalue weighted by atomic mass is 79.9. The van der Waals surface area contributed by atoms with Crippen molar-refractivity contribution in [3.8, 4) is 0 Å². The molecule has 7 nitrogen and oxygen atoms in total. The number of aromatic nitrogens is 1. The van der Waals surface area contributed by atoms with Gasteiger partial charge in [0.15, 0.2) is 0 Å². The van der Waals surface area contributed by atoms with Crippen molar-refractivity contribution in [1.29, 1.82) is 0 Å². The van der Waals surface area contributed by atoms with E-state index in [9.17, 15) is 9.59 Å². The molecular formula is C21H25BrN4O3. The van der Waals surface area contributed by atoms with Gasteiger partial charge in [-0.2, -0.15) is 5.43 Å². The topological polar surface area (TPSA) is 76.0 Å². The summed E-state index contributed by atoms with van der Waals surface area (Å²) in [5, 5.41) is 1.75. The van der Waals surface area contributed by atoms with Crippen molar-refractivity contribution in [2.45, 2.75) is 39.0 Å². The molecule has 1 aliphatic carbocycles. The molecule has 8 heteroatoms. The molecule has 2 saturated heterocycles. The number of amides is 2. The fourth-order valence-electron chi connectivity index (χ4n) is 4.53. The SMILES string of the molecule is CC(C)(C)OC(=O)N1CC2C(C1)C2C(=O)N1NC1(C)c1cc2ccc(Br)cn2c1. The lowest BCUT2D eigenvalue weighted by atomic mass is 10.1. The van der Waals surface area contributed by atoms with Crippen LogP contribution in [0.25, 0.3) is 5.52 Å². The van der Waals surface area contributed by atoms with E-state index in [2.05, 4.69) is 38.0 Å². The molecule has 0 radical (unpaired) electrons. The molecular weight excluding hydrogens is 436 g/mol. The molecule has 0 spiro atoms.